The number of hydrogen-bond acceptors (Lipinski definition) is 7. The number of fused-ring (bicyclic) bond motifs is 1. The largest absolute Gasteiger partial charge is 0.503 e. The van der Waals surface area contributed by atoms with Crippen molar-refractivity contribution in [2.24, 2.45) is 0 Å². The molecule has 0 spiro atoms. The van der Waals surface area contributed by atoms with Crippen LogP contribution in [0.15, 0.2) is 64.4 Å². The SMILES string of the molecule is COc1cc(OCCC[S+](C)c2c(O)c3cccnc3n(Cc3cccc(C)c3)c2=O)cc(OC)c1OC. The van der Waals surface area contributed by atoms with Gasteiger partial charge >= 0.3 is 5.56 Å². The summed E-state index contributed by atoms with van der Waals surface area (Å²) in [4.78, 5) is 18.5. The molecular formula is C29H33N2O6S+. The Morgan fingerprint density at radius 2 is 1.74 bits per heavy atom. The molecule has 200 valence electrons. The fourth-order valence-corrected chi connectivity index (χ4v) is 6.00. The van der Waals surface area contributed by atoms with Gasteiger partial charge in [-0.05, 0) is 24.6 Å². The van der Waals surface area contributed by atoms with Crippen molar-refractivity contribution in [1.29, 1.82) is 0 Å². The molecule has 9 heteroatoms. The van der Waals surface area contributed by atoms with Gasteiger partial charge in [-0.25, -0.2) is 4.98 Å². The van der Waals surface area contributed by atoms with Gasteiger partial charge in [0.05, 0.1) is 39.9 Å². The second kappa shape index (κ2) is 12.1. The molecule has 0 saturated carbocycles. The Morgan fingerprint density at radius 3 is 2.39 bits per heavy atom. The second-order valence-corrected chi connectivity index (χ2v) is 10.9. The number of aryl methyl sites for hydroxylation is 1. The van der Waals surface area contributed by atoms with Crippen molar-refractivity contribution in [3.8, 4) is 28.7 Å². The molecule has 4 aromatic rings. The number of ether oxygens (including phenoxy) is 4. The summed E-state index contributed by atoms with van der Waals surface area (Å²) < 4.78 is 23.8. The Balaban J connectivity index is 1.54. The van der Waals surface area contributed by atoms with E-state index < -0.39 is 10.9 Å². The maximum absolute atomic E-state index is 13.7. The first-order valence-electron chi connectivity index (χ1n) is 12.2. The van der Waals surface area contributed by atoms with Crippen LogP contribution >= 0.6 is 0 Å². The number of nitrogens with zero attached hydrogens (tertiary/aromatic N) is 2. The van der Waals surface area contributed by atoms with E-state index in [9.17, 15) is 9.90 Å². The van der Waals surface area contributed by atoms with Crippen molar-refractivity contribution in [2.75, 3.05) is 39.9 Å². The van der Waals surface area contributed by atoms with Crippen molar-refractivity contribution < 1.29 is 24.1 Å². The van der Waals surface area contributed by atoms with Crippen LogP contribution in [0.5, 0.6) is 28.7 Å². The van der Waals surface area contributed by atoms with Crippen molar-refractivity contribution in [3.63, 3.8) is 0 Å². The molecule has 0 aliphatic heterocycles. The van der Waals surface area contributed by atoms with Gasteiger partial charge in [0.1, 0.15) is 23.4 Å². The number of aromatic hydroxyl groups is 1. The molecule has 0 saturated heterocycles. The second-order valence-electron chi connectivity index (χ2n) is 8.84. The molecule has 0 aliphatic carbocycles. The molecule has 4 rings (SSSR count). The summed E-state index contributed by atoms with van der Waals surface area (Å²) in [5.41, 5.74) is 2.38. The number of methoxy groups -OCH3 is 3. The van der Waals surface area contributed by atoms with Crippen LogP contribution in [0.4, 0.5) is 0 Å². The zero-order chi connectivity index (χ0) is 27.2. The van der Waals surface area contributed by atoms with Crippen molar-refractivity contribution in [3.05, 3.63) is 76.2 Å². The summed E-state index contributed by atoms with van der Waals surface area (Å²) in [5, 5.41) is 11.7. The van der Waals surface area contributed by atoms with E-state index in [0.29, 0.717) is 64.3 Å². The maximum atomic E-state index is 13.7. The van der Waals surface area contributed by atoms with E-state index in [-0.39, 0.29) is 11.3 Å². The minimum atomic E-state index is -0.521. The summed E-state index contributed by atoms with van der Waals surface area (Å²) in [5.74, 6) is 2.80. The molecule has 1 N–H and O–H groups in total. The molecule has 0 amide bonds. The molecule has 0 bridgehead atoms. The Hall–Kier alpha value is -3.85. The number of hydrogen-bond donors (Lipinski definition) is 1. The average Bonchev–Trinajstić information content (AvgIpc) is 2.92. The van der Waals surface area contributed by atoms with Gasteiger partial charge < -0.3 is 24.1 Å². The average molecular weight is 538 g/mol. The first kappa shape index (κ1) is 27.2. The van der Waals surface area contributed by atoms with Crippen LogP contribution in [0.25, 0.3) is 11.0 Å². The van der Waals surface area contributed by atoms with Crippen LogP contribution in [0.1, 0.15) is 17.5 Å². The van der Waals surface area contributed by atoms with Gasteiger partial charge in [-0.15, -0.1) is 0 Å². The van der Waals surface area contributed by atoms with Gasteiger partial charge in [0.25, 0.3) is 4.90 Å². The van der Waals surface area contributed by atoms with E-state index in [2.05, 4.69) is 11.1 Å². The Morgan fingerprint density at radius 1 is 1.00 bits per heavy atom. The molecule has 2 heterocycles. The lowest BCUT2D eigenvalue weighted by Crippen LogP contribution is -2.28. The molecule has 0 aliphatic rings. The van der Waals surface area contributed by atoms with Crippen molar-refractivity contribution >= 4 is 21.9 Å². The lowest BCUT2D eigenvalue weighted by Gasteiger charge is -2.15. The fraction of sp³-hybridized carbons (Fsp3) is 0.310. The zero-order valence-electron chi connectivity index (χ0n) is 22.3. The smallest absolute Gasteiger partial charge is 0.311 e. The highest BCUT2D eigenvalue weighted by molar-refractivity contribution is 7.96. The number of pyridine rings is 2. The van der Waals surface area contributed by atoms with Gasteiger partial charge in [0.2, 0.25) is 5.75 Å². The number of benzene rings is 2. The van der Waals surface area contributed by atoms with Crippen LogP contribution in [0.2, 0.25) is 0 Å². The molecule has 0 fully saturated rings. The predicted octanol–water partition coefficient (Wildman–Crippen LogP) is 4.56. The standard InChI is InChI=1S/C29H32N2O6S/c1-19-9-6-10-20(15-19)18-31-28-22(11-7-12-30-28)25(32)27(29(31)33)38(5)14-8-13-37-21-16-23(34-2)26(36-4)24(17-21)35-3/h6-7,9-12,15-17H,8,13-14,18H2,1-5H3/p+1. The number of rotatable bonds is 11. The summed E-state index contributed by atoms with van der Waals surface area (Å²) in [6, 6.07) is 15.1. The minimum Gasteiger partial charge on any atom is -0.503 e. The topological polar surface area (TPSA) is 92.0 Å². The Kier molecular flexibility index (Phi) is 8.68. The molecule has 2 aromatic heterocycles. The highest BCUT2D eigenvalue weighted by Gasteiger charge is 2.29. The molecule has 1 unspecified atom stereocenters. The molecule has 38 heavy (non-hydrogen) atoms. The summed E-state index contributed by atoms with van der Waals surface area (Å²) in [6.45, 7) is 2.82. The fourth-order valence-electron chi connectivity index (χ4n) is 4.40. The van der Waals surface area contributed by atoms with Crippen LogP contribution in [-0.4, -0.2) is 54.6 Å². The van der Waals surface area contributed by atoms with E-state index in [1.54, 1.807) is 56.4 Å². The van der Waals surface area contributed by atoms with E-state index in [1.165, 1.54) is 0 Å². The first-order valence-corrected chi connectivity index (χ1v) is 14.0. The maximum Gasteiger partial charge on any atom is 0.311 e. The highest BCUT2D eigenvalue weighted by atomic mass is 32.2. The number of aromatic nitrogens is 2. The van der Waals surface area contributed by atoms with E-state index >= 15 is 0 Å². The van der Waals surface area contributed by atoms with Gasteiger partial charge in [0.15, 0.2) is 17.2 Å². The summed E-state index contributed by atoms with van der Waals surface area (Å²) >= 11 is 0. The highest BCUT2D eigenvalue weighted by Crippen LogP contribution is 2.40. The zero-order valence-corrected chi connectivity index (χ0v) is 23.1. The van der Waals surface area contributed by atoms with Gasteiger partial charge in [-0.2, -0.15) is 0 Å². The lowest BCUT2D eigenvalue weighted by atomic mass is 10.1. The van der Waals surface area contributed by atoms with Crippen LogP contribution < -0.4 is 24.5 Å². The van der Waals surface area contributed by atoms with E-state index in [1.807, 2.05) is 31.4 Å². The lowest BCUT2D eigenvalue weighted by molar-refractivity contribution is 0.299. The third kappa shape index (κ3) is 5.67. The quantitative estimate of drug-likeness (QED) is 0.222. The van der Waals surface area contributed by atoms with Crippen molar-refractivity contribution in [2.45, 2.75) is 24.8 Å². The molecular weight excluding hydrogens is 504 g/mol. The van der Waals surface area contributed by atoms with E-state index in [4.69, 9.17) is 18.9 Å². The Labute approximate surface area is 225 Å². The van der Waals surface area contributed by atoms with E-state index in [0.717, 1.165) is 11.1 Å². The third-order valence-electron chi connectivity index (χ3n) is 6.23. The van der Waals surface area contributed by atoms with Gasteiger partial charge in [-0.1, -0.05) is 29.8 Å². The van der Waals surface area contributed by atoms with Crippen LogP contribution in [-0.2, 0) is 17.4 Å². The Bertz CT molecular complexity index is 1460. The third-order valence-corrected chi connectivity index (χ3v) is 8.19. The van der Waals surface area contributed by atoms with Crippen molar-refractivity contribution in [1.82, 2.24) is 9.55 Å². The molecule has 8 nitrogen and oxygen atoms in total. The summed E-state index contributed by atoms with van der Waals surface area (Å²) in [7, 11) is 4.14. The monoisotopic (exact) mass is 537 g/mol. The molecule has 0 radical (unpaired) electrons. The van der Waals surface area contributed by atoms with Crippen LogP contribution in [0, 0.1) is 6.92 Å². The molecule has 1 atom stereocenters. The van der Waals surface area contributed by atoms with Gasteiger partial charge in [-0.3, -0.25) is 9.36 Å². The summed E-state index contributed by atoms with van der Waals surface area (Å²) in [6.07, 6.45) is 4.30. The minimum absolute atomic E-state index is 0.00923. The molecule has 2 aromatic carbocycles. The first-order chi connectivity index (χ1) is 18.4. The van der Waals surface area contributed by atoms with Gasteiger partial charge in [0, 0.05) is 35.6 Å². The van der Waals surface area contributed by atoms with Crippen LogP contribution in [0.3, 0.4) is 0 Å². The predicted molar refractivity (Wildman–Crippen MR) is 151 cm³/mol. The normalized spacial score (nSPS) is 11.8.